The van der Waals surface area contributed by atoms with Gasteiger partial charge in [-0.25, -0.2) is 0 Å². The van der Waals surface area contributed by atoms with Gasteiger partial charge in [0.25, 0.3) is 11.6 Å². The first-order valence-electron chi connectivity index (χ1n) is 8.09. The van der Waals surface area contributed by atoms with E-state index < -0.39 is 15.8 Å². The molecule has 10 nitrogen and oxygen atoms in total. The second kappa shape index (κ2) is 8.37. The lowest BCUT2D eigenvalue weighted by atomic mass is 10.3. The Hall–Kier alpha value is -2.96. The molecule has 3 aromatic rings. The zero-order valence-electron chi connectivity index (χ0n) is 14.6. The monoisotopic (exact) mass is 422 g/mol. The molecule has 0 aliphatic carbocycles. The van der Waals surface area contributed by atoms with Crippen molar-refractivity contribution in [1.29, 1.82) is 0 Å². The number of thiazole rings is 1. The number of benzene rings is 1. The van der Waals surface area contributed by atoms with E-state index in [1.54, 1.807) is 10.6 Å². The summed E-state index contributed by atoms with van der Waals surface area (Å²) in [6.07, 6.45) is 0. The Balaban J connectivity index is 2.07. The third kappa shape index (κ3) is 4.13. The molecule has 3 rings (SSSR count). The van der Waals surface area contributed by atoms with Crippen molar-refractivity contribution in [2.75, 3.05) is 13.2 Å². The molecule has 28 heavy (non-hydrogen) atoms. The predicted molar refractivity (Wildman–Crippen MR) is 104 cm³/mol. The van der Waals surface area contributed by atoms with Gasteiger partial charge in [-0.05, 0) is 19.1 Å². The fourth-order valence-corrected chi connectivity index (χ4v) is 4.20. The van der Waals surface area contributed by atoms with Crippen LogP contribution in [-0.2, 0) is 11.3 Å². The van der Waals surface area contributed by atoms with Crippen LogP contribution in [0.15, 0.2) is 35.3 Å². The highest BCUT2D eigenvalue weighted by Gasteiger charge is 2.17. The average Bonchev–Trinajstić information content (AvgIpc) is 3.27. The molecule has 1 amide bonds. The van der Waals surface area contributed by atoms with Crippen LogP contribution in [0.4, 0.5) is 10.7 Å². The number of carbonyl (C=O) groups excluding carboxylic acids is 1. The highest BCUT2D eigenvalue weighted by atomic mass is 32.1. The largest absolute Gasteiger partial charge is 0.380 e. The van der Waals surface area contributed by atoms with E-state index >= 15 is 0 Å². The van der Waals surface area contributed by atoms with Crippen LogP contribution in [0.2, 0.25) is 0 Å². The molecule has 2 aromatic heterocycles. The maximum atomic E-state index is 12.5. The summed E-state index contributed by atoms with van der Waals surface area (Å²) in [5.74, 6) is -0.607. The summed E-state index contributed by atoms with van der Waals surface area (Å²) in [6.45, 7) is 3.05. The minimum atomic E-state index is -0.607. The van der Waals surface area contributed by atoms with E-state index in [1.807, 2.05) is 6.92 Å². The summed E-state index contributed by atoms with van der Waals surface area (Å²) in [5.41, 5.74) is 0.504. The van der Waals surface area contributed by atoms with Gasteiger partial charge < -0.3 is 9.30 Å². The Labute approximate surface area is 165 Å². The zero-order chi connectivity index (χ0) is 20.3. The number of amides is 1. The van der Waals surface area contributed by atoms with Gasteiger partial charge in [0.2, 0.25) is 0 Å². The van der Waals surface area contributed by atoms with Gasteiger partial charge in [-0.1, -0.05) is 22.7 Å². The third-order valence-electron chi connectivity index (χ3n) is 3.72. The fourth-order valence-electron chi connectivity index (χ4n) is 2.46. The van der Waals surface area contributed by atoms with Crippen LogP contribution in [0.5, 0.6) is 0 Å². The molecule has 12 heteroatoms. The van der Waals surface area contributed by atoms with Crippen molar-refractivity contribution >= 4 is 49.5 Å². The van der Waals surface area contributed by atoms with Crippen molar-refractivity contribution in [3.05, 3.63) is 60.2 Å². The van der Waals surface area contributed by atoms with E-state index in [9.17, 15) is 25.0 Å². The Morgan fingerprint density at radius 3 is 2.61 bits per heavy atom. The first kappa shape index (κ1) is 19.8. The Bertz CT molecular complexity index is 1130. The minimum absolute atomic E-state index is 0.0674. The van der Waals surface area contributed by atoms with Crippen molar-refractivity contribution < 1.29 is 19.4 Å². The van der Waals surface area contributed by atoms with Gasteiger partial charge in [-0.2, -0.15) is 4.99 Å². The van der Waals surface area contributed by atoms with Crippen LogP contribution in [0, 0.1) is 20.2 Å². The van der Waals surface area contributed by atoms with E-state index in [2.05, 4.69) is 4.99 Å². The second-order valence-corrected chi connectivity index (χ2v) is 7.53. The molecule has 0 atom stereocenters. The van der Waals surface area contributed by atoms with Crippen molar-refractivity contribution in [2.45, 2.75) is 13.5 Å². The molecule has 0 N–H and O–H groups in total. The Morgan fingerprint density at radius 1 is 1.18 bits per heavy atom. The lowest BCUT2D eigenvalue weighted by molar-refractivity contribution is -0.384. The smallest absolute Gasteiger partial charge is 0.324 e. The molecule has 0 aliphatic rings. The molecule has 0 aliphatic heterocycles. The fraction of sp³-hybridized carbons (Fsp3) is 0.250. The van der Waals surface area contributed by atoms with Crippen LogP contribution < -0.4 is 4.80 Å². The maximum absolute atomic E-state index is 12.5. The predicted octanol–water partition coefficient (Wildman–Crippen LogP) is 3.36. The number of nitro groups is 2. The summed E-state index contributed by atoms with van der Waals surface area (Å²) in [6, 6.07) is 7.04. The van der Waals surface area contributed by atoms with Crippen LogP contribution >= 0.6 is 22.7 Å². The number of non-ortho nitro benzene ring substituents is 1. The van der Waals surface area contributed by atoms with E-state index in [-0.39, 0.29) is 15.6 Å². The van der Waals surface area contributed by atoms with E-state index in [4.69, 9.17) is 4.74 Å². The summed E-state index contributed by atoms with van der Waals surface area (Å²) in [5, 5.41) is 21.7. The summed E-state index contributed by atoms with van der Waals surface area (Å²) in [4.78, 5) is 37.9. The number of hydrogen-bond acceptors (Lipinski definition) is 8. The number of nitro benzene ring substituents is 1. The second-order valence-electron chi connectivity index (χ2n) is 5.45. The van der Waals surface area contributed by atoms with Gasteiger partial charge in [0, 0.05) is 31.4 Å². The third-order valence-corrected chi connectivity index (χ3v) is 5.80. The Kier molecular flexibility index (Phi) is 5.92. The minimum Gasteiger partial charge on any atom is -0.380 e. The molecule has 0 fully saturated rings. The lowest BCUT2D eigenvalue weighted by Gasteiger charge is -2.05. The number of ether oxygens (including phenoxy) is 1. The number of rotatable bonds is 7. The van der Waals surface area contributed by atoms with Crippen molar-refractivity contribution in [1.82, 2.24) is 4.57 Å². The lowest BCUT2D eigenvalue weighted by Crippen LogP contribution is -2.19. The van der Waals surface area contributed by atoms with Crippen molar-refractivity contribution in [3.63, 3.8) is 0 Å². The normalized spacial score (nSPS) is 11.8. The molecule has 0 spiro atoms. The van der Waals surface area contributed by atoms with Crippen LogP contribution in [0.3, 0.4) is 0 Å². The van der Waals surface area contributed by atoms with E-state index in [0.717, 1.165) is 16.0 Å². The number of aromatic nitrogens is 1. The van der Waals surface area contributed by atoms with Gasteiger partial charge >= 0.3 is 5.00 Å². The topological polar surface area (TPSA) is 130 Å². The highest BCUT2D eigenvalue weighted by Crippen LogP contribution is 2.25. The molecule has 0 unspecified atom stereocenters. The Morgan fingerprint density at radius 2 is 1.96 bits per heavy atom. The first-order chi connectivity index (χ1) is 13.4. The molecular weight excluding hydrogens is 408 g/mol. The maximum Gasteiger partial charge on any atom is 0.324 e. The van der Waals surface area contributed by atoms with Crippen LogP contribution in [0.1, 0.15) is 16.6 Å². The molecule has 1 aromatic carbocycles. The van der Waals surface area contributed by atoms with Crippen molar-refractivity contribution in [3.8, 4) is 0 Å². The molecule has 0 bridgehead atoms. The van der Waals surface area contributed by atoms with Crippen molar-refractivity contribution in [2.24, 2.45) is 4.99 Å². The zero-order valence-corrected chi connectivity index (χ0v) is 16.2. The van der Waals surface area contributed by atoms with Gasteiger partial charge in [0.1, 0.15) is 4.88 Å². The van der Waals surface area contributed by atoms with E-state index in [1.165, 1.54) is 35.6 Å². The highest BCUT2D eigenvalue weighted by molar-refractivity contribution is 7.17. The quantitative estimate of drug-likeness (QED) is 0.326. The van der Waals surface area contributed by atoms with Gasteiger partial charge in [-0.15, -0.1) is 0 Å². The van der Waals surface area contributed by atoms with Gasteiger partial charge in [0.05, 0.1) is 26.7 Å². The number of nitrogens with zero attached hydrogens (tertiary/aromatic N) is 4. The SMILES string of the molecule is CCOCCn1c(=NC(=O)c2ccc([N+](=O)[O-])s2)sc2ccc([N+](=O)[O-])cc21. The summed E-state index contributed by atoms with van der Waals surface area (Å²) < 4.78 is 7.77. The molecule has 146 valence electrons. The van der Waals surface area contributed by atoms with Gasteiger partial charge in [-0.3, -0.25) is 25.0 Å². The summed E-state index contributed by atoms with van der Waals surface area (Å²) >= 11 is 1.95. The summed E-state index contributed by atoms with van der Waals surface area (Å²) in [7, 11) is 0. The number of fused-ring (bicyclic) bond motifs is 1. The molecule has 0 saturated heterocycles. The van der Waals surface area contributed by atoms with Crippen LogP contribution in [0.25, 0.3) is 10.2 Å². The molecule has 2 heterocycles. The standard InChI is InChI=1S/C16H14N4O6S2/c1-2-26-8-7-18-11-9-10(19(22)23)3-4-12(11)28-16(18)17-15(21)13-5-6-14(27-13)20(24)25/h3-6,9H,2,7-8H2,1H3. The van der Waals surface area contributed by atoms with Crippen LogP contribution in [-0.4, -0.2) is 33.5 Å². The number of hydrogen-bond donors (Lipinski definition) is 0. The number of carbonyl (C=O) groups is 1. The van der Waals surface area contributed by atoms with Gasteiger partial charge in [0.15, 0.2) is 4.80 Å². The number of thiophene rings is 1. The molecular formula is C16H14N4O6S2. The van der Waals surface area contributed by atoms with E-state index in [0.29, 0.717) is 30.1 Å². The first-order valence-corrected chi connectivity index (χ1v) is 9.72. The molecule has 0 saturated carbocycles. The average molecular weight is 422 g/mol. The molecule has 0 radical (unpaired) electrons.